The molecule has 0 bridgehead atoms. The van der Waals surface area contributed by atoms with E-state index in [1.807, 2.05) is 42.5 Å². The third kappa shape index (κ3) is 4.95. The Morgan fingerprint density at radius 3 is 2.30 bits per heavy atom. The highest BCUT2D eigenvalue weighted by atomic mass is 79.9. The summed E-state index contributed by atoms with van der Waals surface area (Å²) in [6.07, 6.45) is 2.10. The summed E-state index contributed by atoms with van der Waals surface area (Å²) in [6.45, 7) is 0. The number of carbonyl (C=O) groups excluding carboxylic acids is 2. The van der Waals surface area contributed by atoms with Crippen molar-refractivity contribution in [2.24, 2.45) is 0 Å². The van der Waals surface area contributed by atoms with E-state index in [0.717, 1.165) is 28.9 Å². The molecule has 1 N–H and O–H groups in total. The monoisotopic (exact) mass is 425 g/mol. The van der Waals surface area contributed by atoms with Gasteiger partial charge in [-0.3, -0.25) is 9.59 Å². The molecule has 0 heterocycles. The van der Waals surface area contributed by atoms with Gasteiger partial charge < -0.3 is 10.1 Å². The standard InChI is InChI=1S/C22H20BrNO3/c23-15-7-6-12-21(25)27-20-14-13-19(17-10-4-5-11-18(17)20)24-22(26)16-8-2-1-3-9-16/h1-5,8-11,13-14H,6-7,12,15H2,(H,24,26). The Bertz CT molecular complexity index is 941. The molecule has 138 valence electrons. The van der Waals surface area contributed by atoms with Crippen LogP contribution in [0, 0.1) is 0 Å². The smallest absolute Gasteiger partial charge is 0.311 e. The van der Waals surface area contributed by atoms with Gasteiger partial charge in [0.15, 0.2) is 0 Å². The van der Waals surface area contributed by atoms with Crippen LogP contribution in [-0.2, 0) is 4.79 Å². The first kappa shape index (κ1) is 19.1. The molecular weight excluding hydrogens is 406 g/mol. The van der Waals surface area contributed by atoms with Gasteiger partial charge in [0, 0.05) is 33.8 Å². The van der Waals surface area contributed by atoms with Gasteiger partial charge in [0.05, 0.1) is 0 Å². The van der Waals surface area contributed by atoms with Gasteiger partial charge in [0.2, 0.25) is 0 Å². The first-order valence-corrected chi connectivity index (χ1v) is 9.96. The van der Waals surface area contributed by atoms with E-state index in [1.165, 1.54) is 0 Å². The molecule has 0 radical (unpaired) electrons. The fourth-order valence-electron chi connectivity index (χ4n) is 2.79. The molecule has 0 aromatic heterocycles. The van der Waals surface area contributed by atoms with Crippen LogP contribution in [0.15, 0.2) is 66.7 Å². The summed E-state index contributed by atoms with van der Waals surface area (Å²) in [5, 5.41) is 5.43. The maximum atomic E-state index is 12.5. The van der Waals surface area contributed by atoms with Crippen LogP contribution < -0.4 is 10.1 Å². The topological polar surface area (TPSA) is 55.4 Å². The number of benzene rings is 3. The lowest BCUT2D eigenvalue weighted by molar-refractivity contribution is -0.134. The predicted octanol–water partition coefficient (Wildman–Crippen LogP) is 5.56. The molecule has 0 spiro atoms. The van der Waals surface area contributed by atoms with E-state index in [1.54, 1.807) is 24.3 Å². The number of halogens is 1. The summed E-state index contributed by atoms with van der Waals surface area (Å²) >= 11 is 3.36. The molecule has 0 aliphatic heterocycles. The molecule has 4 nitrogen and oxygen atoms in total. The Labute approximate surface area is 166 Å². The molecule has 3 aromatic rings. The van der Waals surface area contributed by atoms with Crippen molar-refractivity contribution in [3.63, 3.8) is 0 Å². The Morgan fingerprint density at radius 1 is 0.852 bits per heavy atom. The number of esters is 1. The third-order valence-electron chi connectivity index (χ3n) is 4.16. The summed E-state index contributed by atoms with van der Waals surface area (Å²) in [5.41, 5.74) is 1.27. The highest BCUT2D eigenvalue weighted by Crippen LogP contribution is 2.32. The van der Waals surface area contributed by atoms with Crippen molar-refractivity contribution in [3.8, 4) is 5.75 Å². The van der Waals surface area contributed by atoms with Crippen LogP contribution in [0.4, 0.5) is 5.69 Å². The number of fused-ring (bicyclic) bond motifs is 1. The van der Waals surface area contributed by atoms with E-state index in [-0.39, 0.29) is 11.9 Å². The van der Waals surface area contributed by atoms with Crippen molar-refractivity contribution in [1.29, 1.82) is 0 Å². The Hall–Kier alpha value is -2.66. The first-order valence-electron chi connectivity index (χ1n) is 8.84. The fraction of sp³-hybridized carbons (Fsp3) is 0.182. The number of nitrogens with one attached hydrogen (secondary N) is 1. The van der Waals surface area contributed by atoms with E-state index < -0.39 is 0 Å². The molecule has 0 fully saturated rings. The average molecular weight is 426 g/mol. The molecular formula is C22H20BrNO3. The molecule has 0 aliphatic rings. The van der Waals surface area contributed by atoms with Crippen molar-refractivity contribution in [2.75, 3.05) is 10.6 Å². The zero-order valence-corrected chi connectivity index (χ0v) is 16.4. The predicted molar refractivity (Wildman–Crippen MR) is 112 cm³/mol. The Kier molecular flexibility index (Phi) is 6.60. The van der Waals surface area contributed by atoms with Crippen LogP contribution in [0.25, 0.3) is 10.8 Å². The van der Waals surface area contributed by atoms with Gasteiger partial charge in [-0.05, 0) is 37.1 Å². The number of unbranched alkanes of at least 4 members (excludes halogenated alkanes) is 1. The van der Waals surface area contributed by atoms with Crippen LogP contribution in [0.2, 0.25) is 0 Å². The van der Waals surface area contributed by atoms with Crippen molar-refractivity contribution in [2.45, 2.75) is 19.3 Å². The van der Waals surface area contributed by atoms with Gasteiger partial charge in [0.25, 0.3) is 5.91 Å². The van der Waals surface area contributed by atoms with E-state index in [0.29, 0.717) is 23.4 Å². The highest BCUT2D eigenvalue weighted by molar-refractivity contribution is 9.09. The number of ether oxygens (including phenoxy) is 1. The lowest BCUT2D eigenvalue weighted by atomic mass is 10.1. The summed E-state index contributed by atoms with van der Waals surface area (Å²) in [6, 6.07) is 20.1. The minimum absolute atomic E-state index is 0.180. The molecule has 3 aromatic carbocycles. The Balaban J connectivity index is 1.83. The van der Waals surface area contributed by atoms with Crippen LogP contribution in [0.3, 0.4) is 0 Å². The molecule has 5 heteroatoms. The molecule has 0 aliphatic carbocycles. The van der Waals surface area contributed by atoms with Gasteiger partial charge >= 0.3 is 5.97 Å². The molecule has 0 saturated heterocycles. The maximum absolute atomic E-state index is 12.5. The third-order valence-corrected chi connectivity index (χ3v) is 4.72. The maximum Gasteiger partial charge on any atom is 0.311 e. The van der Waals surface area contributed by atoms with Crippen molar-refractivity contribution < 1.29 is 14.3 Å². The number of alkyl halides is 1. The zero-order valence-electron chi connectivity index (χ0n) is 14.8. The summed E-state index contributed by atoms with van der Waals surface area (Å²) in [4.78, 5) is 24.5. The zero-order chi connectivity index (χ0) is 19.1. The van der Waals surface area contributed by atoms with E-state index in [4.69, 9.17) is 4.74 Å². The van der Waals surface area contributed by atoms with Crippen molar-refractivity contribution in [3.05, 3.63) is 72.3 Å². The second-order valence-corrected chi connectivity index (χ2v) is 6.89. The average Bonchev–Trinajstić information content (AvgIpc) is 2.70. The summed E-state index contributed by atoms with van der Waals surface area (Å²) in [5.74, 6) is 0.0783. The number of carbonyl (C=O) groups is 2. The minimum atomic E-state index is -0.248. The first-order chi connectivity index (χ1) is 13.2. The van der Waals surface area contributed by atoms with Gasteiger partial charge in [-0.2, -0.15) is 0 Å². The number of rotatable bonds is 7. The van der Waals surface area contributed by atoms with Crippen LogP contribution in [-0.4, -0.2) is 17.2 Å². The van der Waals surface area contributed by atoms with E-state index in [9.17, 15) is 9.59 Å². The van der Waals surface area contributed by atoms with Crippen LogP contribution in [0.5, 0.6) is 5.75 Å². The van der Waals surface area contributed by atoms with Crippen molar-refractivity contribution >= 4 is 44.3 Å². The van der Waals surface area contributed by atoms with Crippen molar-refractivity contribution in [1.82, 2.24) is 0 Å². The molecule has 0 saturated carbocycles. The van der Waals surface area contributed by atoms with Gasteiger partial charge in [-0.25, -0.2) is 0 Å². The Morgan fingerprint density at radius 2 is 1.56 bits per heavy atom. The molecule has 3 rings (SSSR count). The van der Waals surface area contributed by atoms with E-state index in [2.05, 4.69) is 21.2 Å². The fourth-order valence-corrected chi connectivity index (χ4v) is 3.19. The van der Waals surface area contributed by atoms with Gasteiger partial charge in [-0.1, -0.05) is 58.4 Å². The van der Waals surface area contributed by atoms with Gasteiger partial charge in [0.1, 0.15) is 5.75 Å². The number of hydrogen-bond acceptors (Lipinski definition) is 3. The van der Waals surface area contributed by atoms with E-state index >= 15 is 0 Å². The minimum Gasteiger partial charge on any atom is -0.426 e. The molecule has 27 heavy (non-hydrogen) atoms. The lowest BCUT2D eigenvalue weighted by Gasteiger charge is -2.12. The highest BCUT2D eigenvalue weighted by Gasteiger charge is 2.13. The largest absolute Gasteiger partial charge is 0.426 e. The second-order valence-electron chi connectivity index (χ2n) is 6.10. The molecule has 0 unspecified atom stereocenters. The molecule has 1 amide bonds. The normalized spacial score (nSPS) is 10.6. The molecule has 0 atom stereocenters. The SMILES string of the molecule is O=C(CCCCBr)Oc1ccc(NC(=O)c2ccccc2)c2ccccc12. The number of amides is 1. The second kappa shape index (κ2) is 9.33. The van der Waals surface area contributed by atoms with Crippen LogP contribution >= 0.6 is 15.9 Å². The van der Waals surface area contributed by atoms with Gasteiger partial charge in [-0.15, -0.1) is 0 Å². The quantitative estimate of drug-likeness (QED) is 0.233. The van der Waals surface area contributed by atoms with Crippen LogP contribution in [0.1, 0.15) is 29.6 Å². The lowest BCUT2D eigenvalue weighted by Crippen LogP contribution is -2.12. The number of anilines is 1. The number of hydrogen-bond donors (Lipinski definition) is 1. The summed E-state index contributed by atoms with van der Waals surface area (Å²) in [7, 11) is 0. The summed E-state index contributed by atoms with van der Waals surface area (Å²) < 4.78 is 5.55.